The summed E-state index contributed by atoms with van der Waals surface area (Å²) in [7, 11) is 0. The second-order valence-electron chi connectivity index (χ2n) is 6.34. The summed E-state index contributed by atoms with van der Waals surface area (Å²) < 4.78 is 5.69. The van der Waals surface area contributed by atoms with Crippen LogP contribution in [0.3, 0.4) is 0 Å². The Kier molecular flexibility index (Phi) is 6.44. The monoisotopic (exact) mass is 398 g/mol. The van der Waals surface area contributed by atoms with Crippen LogP contribution in [0.15, 0.2) is 63.3 Å². The van der Waals surface area contributed by atoms with Gasteiger partial charge in [0.2, 0.25) is 0 Å². The molecule has 0 amide bonds. The van der Waals surface area contributed by atoms with Crippen molar-refractivity contribution in [1.29, 1.82) is 0 Å². The first-order chi connectivity index (χ1) is 13.5. The molecular formula is C20H22N4O3S. The van der Waals surface area contributed by atoms with Crippen LogP contribution < -0.4 is 10.6 Å². The number of furan rings is 1. The van der Waals surface area contributed by atoms with Crippen LogP contribution in [0.1, 0.15) is 34.9 Å². The van der Waals surface area contributed by atoms with Crippen molar-refractivity contribution in [3.05, 3.63) is 86.0 Å². The fourth-order valence-corrected chi connectivity index (χ4v) is 3.24. The average molecular weight is 398 g/mol. The fraction of sp³-hybridized carbons (Fsp3) is 0.250. The van der Waals surface area contributed by atoms with E-state index in [1.165, 1.54) is 17.0 Å². The number of hydrogen-bond donors (Lipinski definition) is 2. The van der Waals surface area contributed by atoms with Crippen molar-refractivity contribution in [1.82, 2.24) is 10.6 Å². The highest BCUT2D eigenvalue weighted by Crippen LogP contribution is 2.16. The first kappa shape index (κ1) is 19.6. The van der Waals surface area contributed by atoms with Gasteiger partial charge in [0.15, 0.2) is 5.96 Å². The van der Waals surface area contributed by atoms with Crippen molar-refractivity contribution in [2.75, 3.05) is 0 Å². The van der Waals surface area contributed by atoms with Gasteiger partial charge in [0, 0.05) is 17.0 Å². The molecule has 1 atom stereocenters. The normalized spacial score (nSPS) is 12.6. The highest BCUT2D eigenvalue weighted by Gasteiger charge is 2.12. The Bertz CT molecular complexity index is 933. The summed E-state index contributed by atoms with van der Waals surface area (Å²) in [5, 5.41) is 19.5. The van der Waals surface area contributed by atoms with Gasteiger partial charge in [-0.3, -0.25) is 10.1 Å². The fourth-order valence-electron chi connectivity index (χ4n) is 2.59. The Balaban J connectivity index is 1.70. The molecule has 0 aliphatic rings. The largest absolute Gasteiger partial charge is 0.464 e. The summed E-state index contributed by atoms with van der Waals surface area (Å²) in [6.45, 7) is 4.98. The molecule has 1 unspecified atom stereocenters. The van der Waals surface area contributed by atoms with Crippen LogP contribution in [-0.2, 0) is 13.1 Å². The van der Waals surface area contributed by atoms with Gasteiger partial charge in [-0.1, -0.05) is 18.2 Å². The topological polar surface area (TPSA) is 92.7 Å². The number of nitrogens with zero attached hydrogens (tertiary/aromatic N) is 2. The molecule has 0 aliphatic carbocycles. The smallest absolute Gasteiger partial charge is 0.269 e. The Hall–Kier alpha value is -3.13. The third-order valence-electron chi connectivity index (χ3n) is 4.12. The lowest BCUT2D eigenvalue weighted by molar-refractivity contribution is -0.384. The van der Waals surface area contributed by atoms with Crippen molar-refractivity contribution in [3.63, 3.8) is 0 Å². The van der Waals surface area contributed by atoms with Gasteiger partial charge in [-0.15, -0.1) is 11.3 Å². The molecule has 8 heteroatoms. The predicted molar refractivity (Wildman–Crippen MR) is 110 cm³/mol. The number of nitro groups is 1. The third-order valence-corrected chi connectivity index (χ3v) is 4.99. The average Bonchev–Trinajstić information content (AvgIpc) is 3.36. The first-order valence-electron chi connectivity index (χ1n) is 8.88. The van der Waals surface area contributed by atoms with Crippen LogP contribution in [0.25, 0.3) is 0 Å². The third kappa shape index (κ3) is 5.43. The Morgan fingerprint density at radius 3 is 2.64 bits per heavy atom. The SMILES string of the molecule is Cc1ccc(C(C)NC(=NCc2ccc([N+](=O)[O-])cc2)NCc2cccs2)o1. The van der Waals surface area contributed by atoms with Crippen LogP contribution in [0.5, 0.6) is 0 Å². The van der Waals surface area contributed by atoms with E-state index in [1.807, 2.05) is 37.4 Å². The number of non-ortho nitro benzene ring substituents is 1. The quantitative estimate of drug-likeness (QED) is 0.263. The van der Waals surface area contributed by atoms with E-state index in [1.54, 1.807) is 23.5 Å². The number of thiophene rings is 1. The number of nitro benzene ring substituents is 1. The van der Waals surface area contributed by atoms with Crippen molar-refractivity contribution in [3.8, 4) is 0 Å². The zero-order valence-corrected chi connectivity index (χ0v) is 16.5. The Morgan fingerprint density at radius 1 is 1.25 bits per heavy atom. The van der Waals surface area contributed by atoms with E-state index in [9.17, 15) is 10.1 Å². The van der Waals surface area contributed by atoms with E-state index in [0.717, 1.165) is 17.1 Å². The van der Waals surface area contributed by atoms with Crippen LogP contribution in [-0.4, -0.2) is 10.9 Å². The maximum Gasteiger partial charge on any atom is 0.269 e. The highest BCUT2D eigenvalue weighted by molar-refractivity contribution is 7.09. The molecule has 7 nitrogen and oxygen atoms in total. The molecule has 0 fully saturated rings. The van der Waals surface area contributed by atoms with Crippen molar-refractivity contribution in [2.24, 2.45) is 4.99 Å². The summed E-state index contributed by atoms with van der Waals surface area (Å²) in [4.78, 5) is 16.2. The van der Waals surface area contributed by atoms with E-state index in [4.69, 9.17) is 4.42 Å². The van der Waals surface area contributed by atoms with Gasteiger partial charge < -0.3 is 15.1 Å². The molecule has 0 radical (unpaired) electrons. The number of benzene rings is 1. The van der Waals surface area contributed by atoms with Crippen molar-refractivity contribution < 1.29 is 9.34 Å². The molecule has 3 rings (SSSR count). The summed E-state index contributed by atoms with van der Waals surface area (Å²) in [5.41, 5.74) is 0.966. The van der Waals surface area contributed by atoms with Crippen LogP contribution in [0.2, 0.25) is 0 Å². The van der Waals surface area contributed by atoms with E-state index in [0.29, 0.717) is 19.0 Å². The Morgan fingerprint density at radius 2 is 2.04 bits per heavy atom. The number of aryl methyl sites for hydroxylation is 1. The number of guanidine groups is 1. The molecule has 28 heavy (non-hydrogen) atoms. The minimum absolute atomic E-state index is 0.0554. The molecule has 0 spiro atoms. The lowest BCUT2D eigenvalue weighted by Gasteiger charge is -2.16. The van der Waals surface area contributed by atoms with Gasteiger partial charge in [0.1, 0.15) is 11.5 Å². The number of aliphatic imine (C=N–C) groups is 1. The van der Waals surface area contributed by atoms with Crippen LogP contribution >= 0.6 is 11.3 Å². The zero-order chi connectivity index (χ0) is 19.9. The van der Waals surface area contributed by atoms with E-state index in [-0.39, 0.29) is 11.7 Å². The summed E-state index contributed by atoms with van der Waals surface area (Å²) >= 11 is 1.67. The van der Waals surface area contributed by atoms with Gasteiger partial charge in [-0.05, 0) is 43.0 Å². The minimum Gasteiger partial charge on any atom is -0.464 e. The lowest BCUT2D eigenvalue weighted by atomic mass is 10.2. The molecular weight excluding hydrogens is 376 g/mol. The molecule has 0 bridgehead atoms. The van der Waals surface area contributed by atoms with Gasteiger partial charge in [-0.2, -0.15) is 0 Å². The molecule has 0 saturated heterocycles. The Labute approximate surface area is 167 Å². The van der Waals surface area contributed by atoms with Gasteiger partial charge in [0.25, 0.3) is 5.69 Å². The van der Waals surface area contributed by atoms with Crippen molar-refractivity contribution >= 4 is 23.0 Å². The lowest BCUT2D eigenvalue weighted by Crippen LogP contribution is -2.38. The van der Waals surface area contributed by atoms with Crippen LogP contribution in [0.4, 0.5) is 5.69 Å². The predicted octanol–water partition coefficient (Wildman–Crippen LogP) is 4.55. The molecule has 146 valence electrons. The molecule has 2 N–H and O–H groups in total. The van der Waals surface area contributed by atoms with E-state index >= 15 is 0 Å². The minimum atomic E-state index is -0.407. The summed E-state index contributed by atoms with van der Waals surface area (Å²) in [6, 6.07) is 14.3. The highest BCUT2D eigenvalue weighted by atomic mass is 32.1. The van der Waals surface area contributed by atoms with Gasteiger partial charge in [0.05, 0.1) is 24.1 Å². The number of rotatable bonds is 7. The zero-order valence-electron chi connectivity index (χ0n) is 15.7. The summed E-state index contributed by atoms with van der Waals surface area (Å²) in [5.74, 6) is 2.34. The van der Waals surface area contributed by atoms with Gasteiger partial charge >= 0.3 is 0 Å². The van der Waals surface area contributed by atoms with Crippen molar-refractivity contribution in [2.45, 2.75) is 33.0 Å². The number of hydrogen-bond acceptors (Lipinski definition) is 5. The van der Waals surface area contributed by atoms with E-state index in [2.05, 4.69) is 21.7 Å². The molecule has 2 heterocycles. The number of nitrogens with one attached hydrogen (secondary N) is 2. The molecule has 3 aromatic rings. The molecule has 0 aliphatic heterocycles. The second kappa shape index (κ2) is 9.18. The molecule has 0 saturated carbocycles. The van der Waals surface area contributed by atoms with E-state index < -0.39 is 4.92 Å². The first-order valence-corrected chi connectivity index (χ1v) is 9.76. The standard InChI is InChI=1S/C20H22N4O3S/c1-14-5-10-19(27-14)15(2)23-20(22-13-18-4-3-11-28-18)21-12-16-6-8-17(9-7-16)24(25)26/h3-11,15H,12-13H2,1-2H3,(H2,21,22,23). The maximum atomic E-state index is 10.8. The molecule has 2 aromatic heterocycles. The van der Waals surface area contributed by atoms with Gasteiger partial charge in [-0.25, -0.2) is 4.99 Å². The molecule has 1 aromatic carbocycles. The summed E-state index contributed by atoms with van der Waals surface area (Å²) in [6.07, 6.45) is 0. The van der Waals surface area contributed by atoms with Crippen LogP contribution in [0, 0.1) is 17.0 Å². The second-order valence-corrected chi connectivity index (χ2v) is 7.37. The maximum absolute atomic E-state index is 10.8.